The third kappa shape index (κ3) is 5.75. The van der Waals surface area contributed by atoms with Gasteiger partial charge in [-0.1, -0.05) is 61.5 Å². The highest BCUT2D eigenvalue weighted by Crippen LogP contribution is 2.40. The summed E-state index contributed by atoms with van der Waals surface area (Å²) in [6.45, 7) is 5.34. The summed E-state index contributed by atoms with van der Waals surface area (Å²) in [6.07, 6.45) is 0.888. The van der Waals surface area contributed by atoms with Gasteiger partial charge in [-0.15, -0.1) is 0 Å². The van der Waals surface area contributed by atoms with Crippen LogP contribution in [0.3, 0.4) is 0 Å². The number of ketones is 1. The van der Waals surface area contributed by atoms with Gasteiger partial charge in [0.1, 0.15) is 18.1 Å². The maximum absolute atomic E-state index is 13.3. The first kappa shape index (κ1) is 26.2. The zero-order chi connectivity index (χ0) is 26.5. The molecular weight excluding hydrogens is 464 g/mol. The number of hydrogen-bond acceptors (Lipinski definition) is 5. The van der Waals surface area contributed by atoms with E-state index in [1.807, 2.05) is 86.6 Å². The first-order valence-corrected chi connectivity index (χ1v) is 12.6. The zero-order valence-electron chi connectivity index (χ0n) is 21.9. The van der Waals surface area contributed by atoms with Crippen LogP contribution in [0.5, 0.6) is 5.75 Å². The van der Waals surface area contributed by atoms with E-state index >= 15 is 0 Å². The Labute approximate surface area is 218 Å². The lowest BCUT2D eigenvalue weighted by molar-refractivity contribution is -0.140. The zero-order valence-corrected chi connectivity index (χ0v) is 21.9. The first-order chi connectivity index (χ1) is 17.8. The molecule has 0 saturated carbocycles. The third-order valence-electron chi connectivity index (χ3n) is 6.73. The van der Waals surface area contributed by atoms with E-state index in [1.165, 1.54) is 0 Å². The second-order valence-electron chi connectivity index (χ2n) is 9.64. The van der Waals surface area contributed by atoms with Crippen molar-refractivity contribution in [2.45, 2.75) is 32.9 Å². The Balaban J connectivity index is 1.70. The van der Waals surface area contributed by atoms with Crippen molar-refractivity contribution in [1.82, 2.24) is 9.80 Å². The highest BCUT2D eigenvalue weighted by Gasteiger charge is 2.46. The van der Waals surface area contributed by atoms with Crippen LogP contribution in [-0.2, 0) is 22.6 Å². The van der Waals surface area contributed by atoms with E-state index in [0.717, 1.165) is 28.7 Å². The maximum Gasteiger partial charge on any atom is 0.295 e. The molecule has 37 heavy (non-hydrogen) atoms. The van der Waals surface area contributed by atoms with Crippen LogP contribution in [0.1, 0.15) is 40.8 Å². The SMILES string of the molecule is CCc1ccc([C@H]2C(=C(O)c3ccc(OCc4ccccc4)cc3C)C(=O)C(=O)N2CCN(C)C)cc1. The fourth-order valence-corrected chi connectivity index (χ4v) is 4.58. The maximum atomic E-state index is 13.3. The van der Waals surface area contributed by atoms with Crippen molar-refractivity contribution < 1.29 is 19.4 Å². The molecule has 1 amide bonds. The van der Waals surface area contributed by atoms with Gasteiger partial charge in [0.25, 0.3) is 11.7 Å². The lowest BCUT2D eigenvalue weighted by atomic mass is 9.93. The van der Waals surface area contributed by atoms with Crippen molar-refractivity contribution in [3.63, 3.8) is 0 Å². The van der Waals surface area contributed by atoms with Crippen molar-refractivity contribution in [1.29, 1.82) is 0 Å². The van der Waals surface area contributed by atoms with Crippen LogP contribution in [0, 0.1) is 6.92 Å². The minimum atomic E-state index is -0.662. The first-order valence-electron chi connectivity index (χ1n) is 12.6. The van der Waals surface area contributed by atoms with Crippen molar-refractivity contribution in [3.8, 4) is 5.75 Å². The van der Waals surface area contributed by atoms with Crippen LogP contribution in [0.4, 0.5) is 0 Å². The molecule has 1 atom stereocenters. The van der Waals surface area contributed by atoms with Gasteiger partial charge in [0, 0.05) is 18.7 Å². The molecule has 1 fully saturated rings. The number of hydrogen-bond donors (Lipinski definition) is 1. The number of nitrogens with zero attached hydrogens (tertiary/aromatic N) is 2. The fourth-order valence-electron chi connectivity index (χ4n) is 4.58. The van der Waals surface area contributed by atoms with E-state index < -0.39 is 17.7 Å². The average Bonchev–Trinajstić information content (AvgIpc) is 3.16. The molecule has 1 aliphatic heterocycles. The van der Waals surface area contributed by atoms with E-state index in [4.69, 9.17) is 4.74 Å². The second kappa shape index (κ2) is 11.4. The standard InChI is InChI=1S/C31H34N2O4/c1-5-22-11-13-24(14-12-22)28-27(30(35)31(36)33(28)18-17-32(3)4)29(34)26-16-15-25(19-21(26)2)37-20-23-9-7-6-8-10-23/h6-16,19,28,34H,5,17-18,20H2,1-4H3/t28-/m0/s1. The lowest BCUT2D eigenvalue weighted by Gasteiger charge is -2.27. The summed E-state index contributed by atoms with van der Waals surface area (Å²) in [6, 6.07) is 22.5. The van der Waals surface area contributed by atoms with Gasteiger partial charge in [0.05, 0.1) is 11.6 Å². The van der Waals surface area contributed by atoms with Crippen LogP contribution in [0.15, 0.2) is 78.4 Å². The number of Topliss-reactive ketones (excluding diaryl/α,β-unsaturated/α-hetero) is 1. The molecule has 1 N–H and O–H groups in total. The number of carbonyl (C=O) groups is 2. The van der Waals surface area contributed by atoms with Gasteiger partial charge in [-0.3, -0.25) is 9.59 Å². The van der Waals surface area contributed by atoms with Crippen molar-refractivity contribution in [2.24, 2.45) is 0 Å². The van der Waals surface area contributed by atoms with Crippen molar-refractivity contribution >= 4 is 17.4 Å². The predicted molar refractivity (Wildman–Crippen MR) is 145 cm³/mol. The minimum absolute atomic E-state index is 0.119. The average molecular weight is 499 g/mol. The highest BCUT2D eigenvalue weighted by atomic mass is 16.5. The van der Waals surface area contributed by atoms with Gasteiger partial charge in [0.2, 0.25) is 0 Å². The molecule has 6 heteroatoms. The third-order valence-corrected chi connectivity index (χ3v) is 6.73. The summed E-state index contributed by atoms with van der Waals surface area (Å²) in [5, 5.41) is 11.4. The Morgan fingerprint density at radius 3 is 2.30 bits per heavy atom. The minimum Gasteiger partial charge on any atom is -0.507 e. The molecule has 4 rings (SSSR count). The number of rotatable bonds is 9. The van der Waals surface area contributed by atoms with E-state index in [9.17, 15) is 14.7 Å². The Kier molecular flexibility index (Phi) is 8.09. The summed E-state index contributed by atoms with van der Waals surface area (Å²) in [7, 11) is 3.85. The van der Waals surface area contributed by atoms with E-state index in [-0.39, 0.29) is 11.3 Å². The van der Waals surface area contributed by atoms with E-state index in [0.29, 0.717) is 31.0 Å². The molecule has 192 valence electrons. The van der Waals surface area contributed by atoms with Crippen LogP contribution >= 0.6 is 0 Å². The van der Waals surface area contributed by atoms with Gasteiger partial charge < -0.3 is 19.6 Å². The number of benzene rings is 3. The molecule has 0 bridgehead atoms. The number of carbonyl (C=O) groups excluding carboxylic acids is 2. The lowest BCUT2D eigenvalue weighted by Crippen LogP contribution is -2.35. The number of aliphatic hydroxyl groups is 1. The Morgan fingerprint density at radius 2 is 1.68 bits per heavy atom. The molecule has 0 radical (unpaired) electrons. The van der Waals surface area contributed by atoms with Gasteiger partial charge in [-0.2, -0.15) is 0 Å². The summed E-state index contributed by atoms with van der Waals surface area (Å²) >= 11 is 0. The fraction of sp³-hybridized carbons (Fsp3) is 0.290. The molecule has 6 nitrogen and oxygen atoms in total. The molecule has 0 spiro atoms. The molecule has 3 aromatic carbocycles. The quantitative estimate of drug-likeness (QED) is 0.252. The van der Waals surface area contributed by atoms with Crippen LogP contribution < -0.4 is 4.74 Å². The van der Waals surface area contributed by atoms with Gasteiger partial charge in [-0.25, -0.2) is 0 Å². The van der Waals surface area contributed by atoms with Crippen LogP contribution in [-0.4, -0.2) is 53.8 Å². The van der Waals surface area contributed by atoms with Crippen molar-refractivity contribution in [3.05, 3.63) is 106 Å². The highest BCUT2D eigenvalue weighted by molar-refractivity contribution is 6.46. The molecule has 0 aromatic heterocycles. The van der Waals surface area contributed by atoms with Gasteiger partial charge >= 0.3 is 0 Å². The summed E-state index contributed by atoms with van der Waals surface area (Å²) in [5.41, 5.74) is 4.40. The number of aryl methyl sites for hydroxylation is 2. The number of amides is 1. The monoisotopic (exact) mass is 498 g/mol. The Morgan fingerprint density at radius 1 is 0.973 bits per heavy atom. The van der Waals surface area contributed by atoms with Gasteiger partial charge in [-0.05, 0) is 67.9 Å². The normalized spacial score (nSPS) is 17.0. The van der Waals surface area contributed by atoms with Gasteiger partial charge in [0.15, 0.2) is 0 Å². The molecule has 0 unspecified atom stereocenters. The van der Waals surface area contributed by atoms with Crippen molar-refractivity contribution in [2.75, 3.05) is 27.2 Å². The van der Waals surface area contributed by atoms with E-state index in [2.05, 4.69) is 6.92 Å². The molecule has 1 aliphatic rings. The van der Waals surface area contributed by atoms with Crippen LogP contribution in [0.2, 0.25) is 0 Å². The molecule has 3 aromatic rings. The summed E-state index contributed by atoms with van der Waals surface area (Å²) < 4.78 is 5.92. The smallest absolute Gasteiger partial charge is 0.295 e. The largest absolute Gasteiger partial charge is 0.507 e. The summed E-state index contributed by atoms with van der Waals surface area (Å²) in [4.78, 5) is 29.9. The van der Waals surface area contributed by atoms with E-state index in [1.54, 1.807) is 17.0 Å². The number of likely N-dealkylation sites (N-methyl/N-ethyl adjacent to an activating group) is 1. The number of likely N-dealkylation sites (tertiary alicyclic amines) is 1. The number of ether oxygens (including phenoxy) is 1. The molecular formula is C31H34N2O4. The van der Waals surface area contributed by atoms with Crippen LogP contribution in [0.25, 0.3) is 5.76 Å². The summed E-state index contributed by atoms with van der Waals surface area (Å²) in [5.74, 6) is -0.753. The predicted octanol–water partition coefficient (Wildman–Crippen LogP) is 5.12. The Hall–Kier alpha value is -3.90. The molecule has 1 saturated heterocycles. The Bertz CT molecular complexity index is 1300. The number of aliphatic hydroxyl groups excluding tert-OH is 1. The molecule has 1 heterocycles. The second-order valence-corrected chi connectivity index (χ2v) is 9.64. The topological polar surface area (TPSA) is 70.1 Å². The molecule has 0 aliphatic carbocycles.